The smallest absolute Gasteiger partial charge is 0.223 e. The van der Waals surface area contributed by atoms with Crippen molar-refractivity contribution in [3.05, 3.63) is 52.0 Å². The minimum absolute atomic E-state index is 0.179. The highest BCUT2D eigenvalue weighted by Crippen LogP contribution is 2.15. The molecule has 2 aromatic rings. The van der Waals surface area contributed by atoms with Crippen molar-refractivity contribution in [3.8, 4) is 11.8 Å². The third-order valence-electron chi connectivity index (χ3n) is 3.82. The predicted octanol–water partition coefficient (Wildman–Crippen LogP) is 4.06. The predicted molar refractivity (Wildman–Crippen MR) is 100.0 cm³/mol. The largest absolute Gasteiger partial charge is 0.332 e. The number of carbonyl (C=O) groups is 1. The summed E-state index contributed by atoms with van der Waals surface area (Å²) >= 11 is 1.63. The van der Waals surface area contributed by atoms with Gasteiger partial charge in [-0.15, -0.1) is 11.3 Å². The van der Waals surface area contributed by atoms with Crippen LogP contribution < -0.4 is 0 Å². The van der Waals surface area contributed by atoms with E-state index in [1.165, 1.54) is 4.88 Å². The van der Waals surface area contributed by atoms with Crippen molar-refractivity contribution in [2.45, 2.75) is 39.5 Å². The Bertz CT molecular complexity index is 697. The van der Waals surface area contributed by atoms with E-state index in [0.29, 0.717) is 13.0 Å². The maximum atomic E-state index is 12.5. The molecule has 1 aromatic heterocycles. The Kier molecular flexibility index (Phi) is 7.51. The van der Waals surface area contributed by atoms with Gasteiger partial charge in [0.1, 0.15) is 0 Å². The minimum Gasteiger partial charge on any atom is -0.332 e. The zero-order valence-corrected chi connectivity index (χ0v) is 15.2. The molecule has 0 saturated carbocycles. The Morgan fingerprint density at radius 2 is 2.08 bits per heavy atom. The van der Waals surface area contributed by atoms with Gasteiger partial charge < -0.3 is 4.90 Å². The topological polar surface area (TPSA) is 33.2 Å². The van der Waals surface area contributed by atoms with Crippen LogP contribution in [0.15, 0.2) is 35.8 Å². The second-order valence-corrected chi connectivity index (χ2v) is 6.64. The van der Waals surface area contributed by atoms with Crippen molar-refractivity contribution in [3.63, 3.8) is 0 Å². The van der Waals surface area contributed by atoms with Gasteiger partial charge in [-0.2, -0.15) is 0 Å². The standard InChI is InChI=1S/C20H24N2OS/c1-3-4-14-22(15-8-11-18-9-6-5-7-10-18)20(23)13-12-19-17(2)21-16-24-19/h5-7,9-10,16H,3-4,12-15H2,1-2H3. The van der Waals surface area contributed by atoms with E-state index >= 15 is 0 Å². The molecule has 0 bridgehead atoms. The molecule has 0 spiro atoms. The minimum atomic E-state index is 0.179. The second kappa shape index (κ2) is 9.89. The molecule has 1 heterocycles. The number of rotatable bonds is 7. The fraction of sp³-hybridized carbons (Fsp3) is 0.400. The number of thiazole rings is 1. The Labute approximate surface area is 148 Å². The molecule has 0 N–H and O–H groups in total. The molecule has 24 heavy (non-hydrogen) atoms. The summed E-state index contributed by atoms with van der Waals surface area (Å²) in [7, 11) is 0. The van der Waals surface area contributed by atoms with E-state index in [9.17, 15) is 4.79 Å². The molecule has 0 saturated heterocycles. The zero-order chi connectivity index (χ0) is 17.2. The number of amides is 1. The fourth-order valence-electron chi connectivity index (χ4n) is 2.34. The number of aryl methyl sites for hydroxylation is 2. The highest BCUT2D eigenvalue weighted by Gasteiger charge is 2.13. The highest BCUT2D eigenvalue weighted by atomic mass is 32.1. The summed E-state index contributed by atoms with van der Waals surface area (Å²) in [5, 5.41) is 0. The molecule has 2 rings (SSSR count). The van der Waals surface area contributed by atoms with Crippen LogP contribution in [0, 0.1) is 18.8 Å². The molecule has 1 aromatic carbocycles. The summed E-state index contributed by atoms with van der Waals surface area (Å²) in [6, 6.07) is 9.89. The molecule has 3 nitrogen and oxygen atoms in total. The number of hydrogen-bond donors (Lipinski definition) is 0. The first kappa shape index (κ1) is 18.2. The van der Waals surface area contributed by atoms with Crippen LogP contribution in [-0.2, 0) is 11.2 Å². The highest BCUT2D eigenvalue weighted by molar-refractivity contribution is 7.09. The summed E-state index contributed by atoms with van der Waals surface area (Å²) in [6.07, 6.45) is 3.38. The lowest BCUT2D eigenvalue weighted by atomic mass is 10.2. The van der Waals surface area contributed by atoms with Gasteiger partial charge in [0, 0.05) is 23.4 Å². The van der Waals surface area contributed by atoms with E-state index in [-0.39, 0.29) is 5.91 Å². The van der Waals surface area contributed by atoms with Gasteiger partial charge in [-0.05, 0) is 31.9 Å². The first-order valence-electron chi connectivity index (χ1n) is 8.41. The van der Waals surface area contributed by atoms with Crippen LogP contribution in [0.2, 0.25) is 0 Å². The third kappa shape index (κ3) is 5.82. The molecule has 0 aliphatic rings. The van der Waals surface area contributed by atoms with Gasteiger partial charge in [0.15, 0.2) is 0 Å². The molecule has 4 heteroatoms. The zero-order valence-electron chi connectivity index (χ0n) is 14.4. The first-order valence-corrected chi connectivity index (χ1v) is 9.29. The van der Waals surface area contributed by atoms with E-state index in [2.05, 4.69) is 23.7 Å². The number of carbonyl (C=O) groups excluding carboxylic acids is 1. The van der Waals surface area contributed by atoms with Crippen LogP contribution in [0.3, 0.4) is 0 Å². The maximum Gasteiger partial charge on any atom is 0.223 e. The molecule has 1 amide bonds. The summed E-state index contributed by atoms with van der Waals surface area (Å²) < 4.78 is 0. The van der Waals surface area contributed by atoms with E-state index in [1.54, 1.807) is 11.3 Å². The molecule has 0 unspecified atom stereocenters. The summed E-state index contributed by atoms with van der Waals surface area (Å²) in [5.74, 6) is 6.45. The number of aromatic nitrogens is 1. The molecular formula is C20H24N2OS. The van der Waals surface area contributed by atoms with Crippen LogP contribution in [0.5, 0.6) is 0 Å². The van der Waals surface area contributed by atoms with Crippen molar-refractivity contribution < 1.29 is 4.79 Å². The molecule has 0 atom stereocenters. The van der Waals surface area contributed by atoms with E-state index < -0.39 is 0 Å². The Morgan fingerprint density at radius 1 is 1.29 bits per heavy atom. The van der Waals surface area contributed by atoms with Gasteiger partial charge >= 0.3 is 0 Å². The lowest BCUT2D eigenvalue weighted by Gasteiger charge is -2.20. The Balaban J connectivity index is 1.92. The average Bonchev–Trinajstić information content (AvgIpc) is 3.01. The molecular weight excluding hydrogens is 316 g/mol. The Morgan fingerprint density at radius 3 is 2.75 bits per heavy atom. The van der Waals surface area contributed by atoms with Crippen molar-refractivity contribution in [1.82, 2.24) is 9.88 Å². The third-order valence-corrected chi connectivity index (χ3v) is 4.82. The fourth-order valence-corrected chi connectivity index (χ4v) is 3.13. The van der Waals surface area contributed by atoms with Gasteiger partial charge in [-0.3, -0.25) is 4.79 Å². The summed E-state index contributed by atoms with van der Waals surface area (Å²) in [5.41, 5.74) is 3.87. The van der Waals surface area contributed by atoms with Gasteiger partial charge in [0.25, 0.3) is 0 Å². The van der Waals surface area contributed by atoms with Crippen LogP contribution in [0.4, 0.5) is 0 Å². The van der Waals surface area contributed by atoms with Crippen LogP contribution in [0.1, 0.15) is 42.3 Å². The van der Waals surface area contributed by atoms with Gasteiger partial charge in [0.05, 0.1) is 17.7 Å². The second-order valence-electron chi connectivity index (χ2n) is 5.70. The number of hydrogen-bond acceptors (Lipinski definition) is 3. The molecule has 0 radical (unpaired) electrons. The first-order chi connectivity index (χ1) is 11.7. The van der Waals surface area contributed by atoms with Crippen LogP contribution in [-0.4, -0.2) is 28.9 Å². The van der Waals surface area contributed by atoms with Crippen LogP contribution >= 0.6 is 11.3 Å². The average molecular weight is 340 g/mol. The van der Waals surface area contributed by atoms with Gasteiger partial charge in [-0.25, -0.2) is 4.98 Å². The number of unbranched alkanes of at least 4 members (excludes halogenated alkanes) is 1. The van der Waals surface area contributed by atoms with Crippen molar-refractivity contribution >= 4 is 17.2 Å². The van der Waals surface area contributed by atoms with E-state index in [4.69, 9.17) is 0 Å². The Hall–Kier alpha value is -2.12. The summed E-state index contributed by atoms with van der Waals surface area (Å²) in [4.78, 5) is 19.9. The quantitative estimate of drug-likeness (QED) is 0.712. The number of nitrogens with zero attached hydrogens (tertiary/aromatic N) is 2. The van der Waals surface area contributed by atoms with E-state index in [0.717, 1.165) is 37.1 Å². The van der Waals surface area contributed by atoms with Crippen molar-refractivity contribution in [2.24, 2.45) is 0 Å². The van der Waals surface area contributed by atoms with Crippen LogP contribution in [0.25, 0.3) is 0 Å². The maximum absolute atomic E-state index is 12.5. The molecule has 126 valence electrons. The lowest BCUT2D eigenvalue weighted by Crippen LogP contribution is -2.32. The monoisotopic (exact) mass is 340 g/mol. The normalized spacial score (nSPS) is 10.1. The number of benzene rings is 1. The van der Waals surface area contributed by atoms with Gasteiger partial charge in [-0.1, -0.05) is 43.4 Å². The molecule has 0 aliphatic heterocycles. The molecule has 0 aliphatic carbocycles. The molecule has 0 fully saturated rings. The van der Waals surface area contributed by atoms with Crippen molar-refractivity contribution in [1.29, 1.82) is 0 Å². The van der Waals surface area contributed by atoms with Gasteiger partial charge in [0.2, 0.25) is 5.91 Å². The summed E-state index contributed by atoms with van der Waals surface area (Å²) in [6.45, 7) is 5.41. The van der Waals surface area contributed by atoms with Crippen molar-refractivity contribution in [2.75, 3.05) is 13.1 Å². The SMILES string of the molecule is CCCCN(CC#Cc1ccccc1)C(=O)CCc1scnc1C. The van der Waals surface area contributed by atoms with E-state index in [1.807, 2.05) is 47.7 Å². The lowest BCUT2D eigenvalue weighted by molar-refractivity contribution is -0.130.